The van der Waals surface area contributed by atoms with Crippen LogP contribution in [0.1, 0.15) is 22.5 Å². The molecule has 0 saturated heterocycles. The largest absolute Gasteiger partial charge is 0.507 e. The molecule has 0 aliphatic rings. The van der Waals surface area contributed by atoms with Gasteiger partial charge < -0.3 is 10.2 Å². The summed E-state index contributed by atoms with van der Waals surface area (Å²) < 4.78 is 0. The summed E-state index contributed by atoms with van der Waals surface area (Å²) in [5.74, 6) is 0.292. The van der Waals surface area contributed by atoms with Crippen molar-refractivity contribution >= 4 is 34.8 Å². The molecule has 4 rings (SSSR count). The molecule has 0 saturated carbocycles. The van der Waals surface area contributed by atoms with Crippen LogP contribution >= 0.6 is 0 Å². The lowest BCUT2D eigenvalue weighted by atomic mass is 10.2. The van der Waals surface area contributed by atoms with E-state index in [4.69, 9.17) is 0 Å². The first-order chi connectivity index (χ1) is 14.5. The number of fused-ring (bicyclic) bond motifs is 1. The number of phenolic OH excluding ortho intramolecular Hbond substituents is 2. The zero-order chi connectivity index (χ0) is 21.1. The number of aromatic nitrogens is 2. The number of rotatable bonds is 4. The Morgan fingerprint density at radius 3 is 1.47 bits per heavy atom. The molecule has 6 nitrogen and oxygen atoms in total. The number of phenols is 2. The van der Waals surface area contributed by atoms with Gasteiger partial charge in [0.1, 0.15) is 11.5 Å². The Balaban J connectivity index is 1.83. The average molecular weight is 396 g/mol. The second kappa shape index (κ2) is 8.13. The Morgan fingerprint density at radius 1 is 0.667 bits per heavy atom. The van der Waals surface area contributed by atoms with Crippen molar-refractivity contribution in [1.82, 2.24) is 9.97 Å². The third-order valence-corrected chi connectivity index (χ3v) is 4.73. The van der Waals surface area contributed by atoms with Crippen molar-refractivity contribution in [3.63, 3.8) is 0 Å². The van der Waals surface area contributed by atoms with E-state index in [0.717, 1.165) is 11.4 Å². The average Bonchev–Trinajstić information content (AvgIpc) is 2.73. The van der Waals surface area contributed by atoms with Crippen molar-refractivity contribution in [2.45, 2.75) is 13.8 Å². The summed E-state index contributed by atoms with van der Waals surface area (Å²) in [6.07, 6.45) is 3.17. The van der Waals surface area contributed by atoms with Gasteiger partial charge in [0.25, 0.3) is 0 Å². The van der Waals surface area contributed by atoms with Crippen LogP contribution in [0, 0.1) is 13.8 Å². The van der Waals surface area contributed by atoms with E-state index in [2.05, 4.69) is 20.0 Å². The molecule has 0 aliphatic carbocycles. The fraction of sp³-hybridized carbons (Fsp3) is 0.0833. The Morgan fingerprint density at radius 2 is 1.07 bits per heavy atom. The fourth-order valence-electron chi connectivity index (χ4n) is 2.94. The first-order valence-electron chi connectivity index (χ1n) is 9.44. The molecule has 0 fully saturated rings. The van der Waals surface area contributed by atoms with Gasteiger partial charge in [-0.25, -0.2) is 9.97 Å². The summed E-state index contributed by atoms with van der Waals surface area (Å²) in [7, 11) is 0. The molecule has 0 bridgehead atoms. The van der Waals surface area contributed by atoms with Crippen LogP contribution < -0.4 is 0 Å². The third kappa shape index (κ3) is 4.03. The summed E-state index contributed by atoms with van der Waals surface area (Å²) in [5, 5.41) is 20.0. The zero-order valence-electron chi connectivity index (χ0n) is 16.6. The van der Waals surface area contributed by atoms with E-state index in [0.29, 0.717) is 33.5 Å². The highest BCUT2D eigenvalue weighted by atomic mass is 16.3. The molecule has 2 N–H and O–H groups in total. The molecule has 0 spiro atoms. The molecule has 148 valence electrons. The van der Waals surface area contributed by atoms with Gasteiger partial charge in [-0.05, 0) is 50.2 Å². The van der Waals surface area contributed by atoms with E-state index in [9.17, 15) is 10.2 Å². The van der Waals surface area contributed by atoms with Gasteiger partial charge in [0.05, 0.1) is 33.8 Å². The van der Waals surface area contributed by atoms with E-state index < -0.39 is 0 Å². The number of hydrogen-bond donors (Lipinski definition) is 2. The van der Waals surface area contributed by atoms with Crippen LogP contribution in [0.3, 0.4) is 0 Å². The number of aryl methyl sites for hydroxylation is 2. The molecule has 0 atom stereocenters. The molecule has 0 radical (unpaired) electrons. The van der Waals surface area contributed by atoms with Crippen LogP contribution in [0.5, 0.6) is 11.5 Å². The minimum absolute atomic E-state index is 0.146. The minimum atomic E-state index is 0.146. The summed E-state index contributed by atoms with van der Waals surface area (Å²) in [6, 6.07) is 17.6. The Bertz CT molecular complexity index is 1200. The molecule has 1 aromatic heterocycles. The number of aromatic hydroxyl groups is 2. The predicted molar refractivity (Wildman–Crippen MR) is 120 cm³/mol. The van der Waals surface area contributed by atoms with E-state index in [-0.39, 0.29) is 11.5 Å². The highest BCUT2D eigenvalue weighted by Gasteiger charge is 2.08. The first kappa shape index (κ1) is 19.3. The van der Waals surface area contributed by atoms with Gasteiger partial charge in [0.15, 0.2) is 0 Å². The molecule has 1 heterocycles. The summed E-state index contributed by atoms with van der Waals surface area (Å²) in [6.45, 7) is 3.83. The van der Waals surface area contributed by atoms with Crippen LogP contribution in [0.15, 0.2) is 70.6 Å². The maximum absolute atomic E-state index is 10.0. The molecule has 6 heteroatoms. The Hall–Kier alpha value is -4.06. The van der Waals surface area contributed by atoms with Gasteiger partial charge in [-0.3, -0.25) is 9.98 Å². The van der Waals surface area contributed by atoms with Crippen LogP contribution in [-0.2, 0) is 0 Å². The van der Waals surface area contributed by atoms with E-state index in [1.807, 2.05) is 38.1 Å². The summed E-state index contributed by atoms with van der Waals surface area (Å²) >= 11 is 0. The molecule has 30 heavy (non-hydrogen) atoms. The topological polar surface area (TPSA) is 91.0 Å². The van der Waals surface area contributed by atoms with Crippen molar-refractivity contribution in [2.24, 2.45) is 9.98 Å². The van der Waals surface area contributed by atoms with Crippen molar-refractivity contribution < 1.29 is 10.2 Å². The Kier molecular flexibility index (Phi) is 5.22. The highest BCUT2D eigenvalue weighted by Crippen LogP contribution is 2.33. The summed E-state index contributed by atoms with van der Waals surface area (Å²) in [5.41, 5.74) is 5.48. The lowest BCUT2D eigenvalue weighted by Crippen LogP contribution is -1.93. The van der Waals surface area contributed by atoms with Gasteiger partial charge >= 0.3 is 0 Å². The number of hydrogen-bond acceptors (Lipinski definition) is 6. The van der Waals surface area contributed by atoms with Crippen molar-refractivity contribution in [3.05, 3.63) is 83.2 Å². The standard InChI is InChI=1S/C24H20N4O2/c1-15-16(2)28-22-12-20(26-14-18-8-4-6-10-24(18)30)19(11-21(22)27-15)25-13-17-7-3-5-9-23(17)29/h3-14,29-30H,1-2H3. The number of para-hydroxylation sites is 2. The number of nitrogens with zero attached hydrogens (tertiary/aromatic N) is 4. The maximum atomic E-state index is 10.0. The second-order valence-corrected chi connectivity index (χ2v) is 6.86. The fourth-order valence-corrected chi connectivity index (χ4v) is 2.94. The maximum Gasteiger partial charge on any atom is 0.124 e. The molecule has 0 amide bonds. The first-order valence-corrected chi connectivity index (χ1v) is 9.44. The molecular weight excluding hydrogens is 376 g/mol. The van der Waals surface area contributed by atoms with E-state index in [1.54, 1.807) is 48.8 Å². The van der Waals surface area contributed by atoms with Gasteiger partial charge in [-0.1, -0.05) is 24.3 Å². The lowest BCUT2D eigenvalue weighted by molar-refractivity contribution is 0.474. The SMILES string of the molecule is Cc1nc2cc(N=Cc3ccccc3O)c(N=Cc3ccccc3O)cc2nc1C. The minimum Gasteiger partial charge on any atom is -0.507 e. The van der Waals surface area contributed by atoms with Crippen molar-refractivity contribution in [1.29, 1.82) is 0 Å². The van der Waals surface area contributed by atoms with Gasteiger partial charge in [0, 0.05) is 23.6 Å². The van der Waals surface area contributed by atoms with Crippen molar-refractivity contribution in [3.8, 4) is 11.5 Å². The predicted octanol–water partition coefficient (Wildman–Crippen LogP) is 5.16. The third-order valence-electron chi connectivity index (χ3n) is 4.73. The van der Waals surface area contributed by atoms with Gasteiger partial charge in [-0.2, -0.15) is 0 Å². The molecule has 4 aromatic rings. The van der Waals surface area contributed by atoms with Crippen LogP contribution in [0.2, 0.25) is 0 Å². The van der Waals surface area contributed by atoms with Crippen molar-refractivity contribution in [2.75, 3.05) is 0 Å². The normalized spacial score (nSPS) is 11.7. The summed E-state index contributed by atoms with van der Waals surface area (Å²) in [4.78, 5) is 18.3. The number of aliphatic imine (C=N–C) groups is 2. The zero-order valence-corrected chi connectivity index (χ0v) is 16.6. The van der Waals surface area contributed by atoms with Crippen LogP contribution in [-0.4, -0.2) is 32.6 Å². The van der Waals surface area contributed by atoms with Gasteiger partial charge in [0.2, 0.25) is 0 Å². The lowest BCUT2D eigenvalue weighted by Gasteiger charge is -2.07. The molecule has 3 aromatic carbocycles. The highest BCUT2D eigenvalue weighted by molar-refractivity contribution is 5.93. The second-order valence-electron chi connectivity index (χ2n) is 6.86. The van der Waals surface area contributed by atoms with Crippen LogP contribution in [0.25, 0.3) is 11.0 Å². The Labute approximate surface area is 174 Å². The van der Waals surface area contributed by atoms with E-state index in [1.165, 1.54) is 0 Å². The number of benzene rings is 3. The molecule has 0 unspecified atom stereocenters. The van der Waals surface area contributed by atoms with Gasteiger partial charge in [-0.15, -0.1) is 0 Å². The van der Waals surface area contributed by atoms with Crippen LogP contribution in [0.4, 0.5) is 11.4 Å². The smallest absolute Gasteiger partial charge is 0.124 e. The quantitative estimate of drug-likeness (QED) is 0.466. The molecule has 0 aliphatic heterocycles. The molecular formula is C24H20N4O2. The monoisotopic (exact) mass is 396 g/mol. The van der Waals surface area contributed by atoms with E-state index >= 15 is 0 Å².